The Morgan fingerprint density at radius 3 is 2.46 bits per heavy atom. The van der Waals surface area contributed by atoms with Crippen LogP contribution in [-0.2, 0) is 9.53 Å². The maximum Gasteiger partial charge on any atom is 0.239 e. The summed E-state index contributed by atoms with van der Waals surface area (Å²) in [4.78, 5) is 13.1. The molecule has 1 rings (SSSR count). The Bertz CT molecular complexity index is 176. The molecule has 0 radical (unpaired) electrons. The number of ether oxygens (including phenoxy) is 1. The molecule has 0 spiro atoms. The van der Waals surface area contributed by atoms with Crippen molar-refractivity contribution in [3.8, 4) is 0 Å². The number of amides is 1. The topological polar surface area (TPSA) is 55.6 Å². The first kappa shape index (κ1) is 10.5. The number of nitrogens with zero attached hydrogens (tertiary/aromatic N) is 1. The van der Waals surface area contributed by atoms with Crippen LogP contribution in [0.1, 0.15) is 12.8 Å². The number of hydrogen-bond donors (Lipinski definition) is 1. The van der Waals surface area contributed by atoms with Gasteiger partial charge in [0.2, 0.25) is 5.91 Å². The van der Waals surface area contributed by atoms with Gasteiger partial charge in [0, 0.05) is 27.3 Å². The third-order valence-corrected chi connectivity index (χ3v) is 2.50. The summed E-state index contributed by atoms with van der Waals surface area (Å²) in [5.74, 6) is 0.315. The Hall–Kier alpha value is -0.610. The zero-order valence-corrected chi connectivity index (χ0v) is 8.32. The lowest BCUT2D eigenvalue weighted by Crippen LogP contribution is -2.46. The van der Waals surface area contributed by atoms with Gasteiger partial charge in [-0.25, -0.2) is 0 Å². The van der Waals surface area contributed by atoms with E-state index in [4.69, 9.17) is 10.5 Å². The number of hydrogen-bond acceptors (Lipinski definition) is 3. The van der Waals surface area contributed by atoms with E-state index >= 15 is 0 Å². The molecule has 1 saturated heterocycles. The van der Waals surface area contributed by atoms with Gasteiger partial charge in [-0.15, -0.1) is 0 Å². The lowest BCUT2D eigenvalue weighted by Gasteiger charge is -2.28. The fourth-order valence-corrected chi connectivity index (χ4v) is 1.57. The molecule has 1 atom stereocenters. The molecule has 1 amide bonds. The summed E-state index contributed by atoms with van der Waals surface area (Å²) in [6.45, 7) is 1.47. The first-order valence-corrected chi connectivity index (χ1v) is 4.67. The molecule has 4 nitrogen and oxygen atoms in total. The zero-order valence-electron chi connectivity index (χ0n) is 8.32. The van der Waals surface area contributed by atoms with Crippen molar-refractivity contribution in [1.82, 2.24) is 4.90 Å². The monoisotopic (exact) mass is 186 g/mol. The smallest absolute Gasteiger partial charge is 0.239 e. The van der Waals surface area contributed by atoms with Crippen molar-refractivity contribution in [2.45, 2.75) is 18.9 Å². The molecule has 1 aliphatic heterocycles. The fourth-order valence-electron chi connectivity index (χ4n) is 1.57. The average Bonchev–Trinajstić information content (AvgIpc) is 2.17. The number of carbonyl (C=O) groups excluding carboxylic acids is 1. The van der Waals surface area contributed by atoms with Gasteiger partial charge in [0.15, 0.2) is 0 Å². The van der Waals surface area contributed by atoms with Crippen LogP contribution in [-0.4, -0.2) is 44.2 Å². The standard InChI is InChI=1S/C9H18N2O2/c1-11(2)9(12)8(10)7-3-5-13-6-4-7/h7-8H,3-6,10H2,1-2H3/t8-/m0/s1. The number of rotatable bonds is 2. The van der Waals surface area contributed by atoms with Gasteiger partial charge in [0.05, 0.1) is 6.04 Å². The molecular weight excluding hydrogens is 168 g/mol. The number of likely N-dealkylation sites (N-methyl/N-ethyl adjacent to an activating group) is 1. The number of nitrogens with two attached hydrogens (primary N) is 1. The quantitative estimate of drug-likeness (QED) is 0.651. The van der Waals surface area contributed by atoms with Crippen molar-refractivity contribution >= 4 is 5.91 Å². The molecule has 2 N–H and O–H groups in total. The van der Waals surface area contributed by atoms with E-state index in [0.717, 1.165) is 26.1 Å². The maximum atomic E-state index is 11.5. The maximum absolute atomic E-state index is 11.5. The fraction of sp³-hybridized carbons (Fsp3) is 0.889. The van der Waals surface area contributed by atoms with Gasteiger partial charge in [-0.1, -0.05) is 0 Å². The normalized spacial score (nSPS) is 21.2. The lowest BCUT2D eigenvalue weighted by atomic mass is 9.91. The third kappa shape index (κ3) is 2.67. The zero-order chi connectivity index (χ0) is 9.84. The first-order chi connectivity index (χ1) is 6.13. The molecule has 0 aliphatic carbocycles. The summed E-state index contributed by atoms with van der Waals surface area (Å²) in [5, 5.41) is 0. The van der Waals surface area contributed by atoms with Gasteiger partial charge in [-0.2, -0.15) is 0 Å². The van der Waals surface area contributed by atoms with E-state index in [1.54, 1.807) is 19.0 Å². The van der Waals surface area contributed by atoms with Crippen LogP contribution in [0.25, 0.3) is 0 Å². The molecule has 0 aromatic heterocycles. The van der Waals surface area contributed by atoms with Gasteiger partial charge in [-0.3, -0.25) is 4.79 Å². The van der Waals surface area contributed by atoms with Gasteiger partial charge >= 0.3 is 0 Å². The summed E-state index contributed by atoms with van der Waals surface area (Å²) >= 11 is 0. The molecule has 1 heterocycles. The highest BCUT2D eigenvalue weighted by molar-refractivity contribution is 5.81. The predicted octanol–water partition coefficient (Wildman–Crippen LogP) is -0.171. The van der Waals surface area contributed by atoms with Crippen molar-refractivity contribution in [3.63, 3.8) is 0 Å². The average molecular weight is 186 g/mol. The summed E-state index contributed by atoms with van der Waals surface area (Å²) in [6, 6.07) is -0.348. The Kier molecular flexibility index (Phi) is 3.69. The van der Waals surface area contributed by atoms with E-state index < -0.39 is 0 Å². The molecule has 0 saturated carbocycles. The minimum absolute atomic E-state index is 0.0203. The molecule has 0 unspecified atom stereocenters. The minimum Gasteiger partial charge on any atom is -0.381 e. The molecule has 1 fully saturated rings. The Morgan fingerprint density at radius 1 is 1.46 bits per heavy atom. The molecule has 1 aliphatic rings. The van der Waals surface area contributed by atoms with Crippen LogP contribution < -0.4 is 5.73 Å². The largest absolute Gasteiger partial charge is 0.381 e. The van der Waals surface area contributed by atoms with Crippen LogP contribution in [0, 0.1) is 5.92 Å². The molecule has 0 aromatic rings. The van der Waals surface area contributed by atoms with Crippen LogP contribution in [0.5, 0.6) is 0 Å². The van der Waals surface area contributed by atoms with Crippen molar-refractivity contribution in [2.75, 3.05) is 27.3 Å². The highest BCUT2D eigenvalue weighted by atomic mass is 16.5. The van der Waals surface area contributed by atoms with Gasteiger partial charge in [-0.05, 0) is 18.8 Å². The van der Waals surface area contributed by atoms with Crippen LogP contribution in [0.4, 0.5) is 0 Å². The minimum atomic E-state index is -0.348. The Labute approximate surface area is 79.0 Å². The molecule has 0 aromatic carbocycles. The van der Waals surface area contributed by atoms with Crippen molar-refractivity contribution < 1.29 is 9.53 Å². The van der Waals surface area contributed by atoms with Crippen LogP contribution in [0.15, 0.2) is 0 Å². The SMILES string of the molecule is CN(C)C(=O)[C@@H](N)C1CCOCC1. The summed E-state index contributed by atoms with van der Waals surface area (Å²) < 4.78 is 5.21. The van der Waals surface area contributed by atoms with E-state index in [1.807, 2.05) is 0 Å². The van der Waals surface area contributed by atoms with Gasteiger partial charge < -0.3 is 15.4 Å². The second kappa shape index (κ2) is 4.58. The van der Waals surface area contributed by atoms with Gasteiger partial charge in [0.25, 0.3) is 0 Å². The van der Waals surface area contributed by atoms with Crippen LogP contribution in [0.2, 0.25) is 0 Å². The van der Waals surface area contributed by atoms with E-state index in [0.29, 0.717) is 5.92 Å². The molecule has 76 valence electrons. The highest BCUT2D eigenvalue weighted by Crippen LogP contribution is 2.18. The second-order valence-corrected chi connectivity index (χ2v) is 3.71. The van der Waals surface area contributed by atoms with Crippen molar-refractivity contribution in [2.24, 2.45) is 11.7 Å². The predicted molar refractivity (Wildman–Crippen MR) is 50.2 cm³/mol. The van der Waals surface area contributed by atoms with E-state index in [-0.39, 0.29) is 11.9 Å². The van der Waals surface area contributed by atoms with E-state index in [9.17, 15) is 4.79 Å². The lowest BCUT2D eigenvalue weighted by molar-refractivity contribution is -0.132. The van der Waals surface area contributed by atoms with Crippen molar-refractivity contribution in [1.29, 1.82) is 0 Å². The highest BCUT2D eigenvalue weighted by Gasteiger charge is 2.27. The summed E-state index contributed by atoms with van der Waals surface area (Å²) in [7, 11) is 3.48. The van der Waals surface area contributed by atoms with E-state index in [2.05, 4.69) is 0 Å². The number of carbonyl (C=O) groups is 1. The Morgan fingerprint density at radius 2 is 2.00 bits per heavy atom. The van der Waals surface area contributed by atoms with Crippen LogP contribution >= 0.6 is 0 Å². The second-order valence-electron chi connectivity index (χ2n) is 3.71. The van der Waals surface area contributed by atoms with Gasteiger partial charge in [0.1, 0.15) is 0 Å². The van der Waals surface area contributed by atoms with E-state index in [1.165, 1.54) is 0 Å². The summed E-state index contributed by atoms with van der Waals surface area (Å²) in [5.41, 5.74) is 5.85. The molecule has 4 heteroatoms. The third-order valence-electron chi connectivity index (χ3n) is 2.50. The summed E-state index contributed by atoms with van der Waals surface area (Å²) in [6.07, 6.45) is 1.81. The molecule has 13 heavy (non-hydrogen) atoms. The van der Waals surface area contributed by atoms with Crippen LogP contribution in [0.3, 0.4) is 0 Å². The molecule has 0 bridgehead atoms. The first-order valence-electron chi connectivity index (χ1n) is 4.67. The molecular formula is C9H18N2O2. The Balaban J connectivity index is 2.45. The van der Waals surface area contributed by atoms with Crippen molar-refractivity contribution in [3.05, 3.63) is 0 Å².